The van der Waals surface area contributed by atoms with E-state index < -0.39 is 28.8 Å². The number of thioether (sulfide) groups is 1. The summed E-state index contributed by atoms with van der Waals surface area (Å²) < 4.78 is 29.1. The summed E-state index contributed by atoms with van der Waals surface area (Å²) in [6, 6.07) is 2.86. The highest BCUT2D eigenvalue weighted by molar-refractivity contribution is 8.00. The molecule has 158 valence electrons. The van der Waals surface area contributed by atoms with Gasteiger partial charge in [0.25, 0.3) is 5.56 Å². The number of rotatable bonds is 5. The van der Waals surface area contributed by atoms with Gasteiger partial charge in [0.1, 0.15) is 17.3 Å². The Morgan fingerprint density at radius 1 is 1.20 bits per heavy atom. The number of pyridine rings is 1. The van der Waals surface area contributed by atoms with Crippen LogP contribution in [0.15, 0.2) is 38.9 Å². The van der Waals surface area contributed by atoms with Crippen molar-refractivity contribution in [3.8, 4) is 0 Å². The normalized spacial score (nSPS) is 11.3. The second-order valence-corrected chi connectivity index (χ2v) is 8.05. The first-order valence-corrected chi connectivity index (χ1v) is 10.1. The maximum absolute atomic E-state index is 13.8. The summed E-state index contributed by atoms with van der Waals surface area (Å²) in [7, 11) is 2.90. The van der Waals surface area contributed by atoms with E-state index in [1.54, 1.807) is 6.20 Å². The maximum atomic E-state index is 13.8. The molecule has 1 aromatic carbocycles. The van der Waals surface area contributed by atoms with Gasteiger partial charge in [-0.1, -0.05) is 13.8 Å². The van der Waals surface area contributed by atoms with Crippen LogP contribution in [0.2, 0.25) is 0 Å². The standard InChI is InChI=1S/C20H20F2N4O3S/c1-10(2)12-8-23-18-16(19(28)26(4)20(29)25(18)3)17(12)30-9-15(27)24-14-6-5-11(21)7-13(14)22/h5-8,10H,9H2,1-4H3,(H,24,27). The average Bonchev–Trinajstić information content (AvgIpc) is 2.70. The molecule has 2 aromatic heterocycles. The van der Waals surface area contributed by atoms with Crippen LogP contribution >= 0.6 is 11.8 Å². The monoisotopic (exact) mass is 434 g/mol. The number of aryl methyl sites for hydroxylation is 1. The van der Waals surface area contributed by atoms with Crippen LogP contribution in [0, 0.1) is 11.6 Å². The largest absolute Gasteiger partial charge is 0.332 e. The number of carbonyl (C=O) groups excluding carboxylic acids is 1. The van der Waals surface area contributed by atoms with Crippen LogP contribution < -0.4 is 16.6 Å². The molecule has 10 heteroatoms. The summed E-state index contributed by atoms with van der Waals surface area (Å²) in [5.74, 6) is -2.27. The average molecular weight is 434 g/mol. The van der Waals surface area contributed by atoms with E-state index in [0.717, 1.165) is 34.0 Å². The summed E-state index contributed by atoms with van der Waals surface area (Å²) in [4.78, 5) is 42.2. The van der Waals surface area contributed by atoms with Crippen molar-refractivity contribution in [2.45, 2.75) is 24.7 Å². The highest BCUT2D eigenvalue weighted by Gasteiger charge is 2.20. The summed E-state index contributed by atoms with van der Waals surface area (Å²) in [6.45, 7) is 3.85. The molecule has 0 saturated heterocycles. The Bertz CT molecular complexity index is 1270. The minimum absolute atomic E-state index is 0.00365. The van der Waals surface area contributed by atoms with Crippen molar-refractivity contribution >= 4 is 34.4 Å². The molecule has 0 fully saturated rings. The molecule has 1 N–H and O–H groups in total. The zero-order valence-corrected chi connectivity index (χ0v) is 17.6. The number of amides is 1. The highest BCUT2D eigenvalue weighted by Crippen LogP contribution is 2.32. The summed E-state index contributed by atoms with van der Waals surface area (Å²) in [5.41, 5.74) is -0.165. The fourth-order valence-corrected chi connectivity index (χ4v) is 4.12. The van der Waals surface area contributed by atoms with Crippen molar-refractivity contribution in [2.75, 3.05) is 11.1 Å². The maximum Gasteiger partial charge on any atom is 0.332 e. The van der Waals surface area contributed by atoms with Crippen LogP contribution in [-0.4, -0.2) is 25.8 Å². The molecule has 3 aromatic rings. The smallest absolute Gasteiger partial charge is 0.323 e. The van der Waals surface area contributed by atoms with Crippen molar-refractivity contribution in [3.63, 3.8) is 0 Å². The Hall–Kier alpha value is -3.01. The molecule has 0 aliphatic rings. The third-order valence-corrected chi connectivity index (χ3v) is 5.76. The summed E-state index contributed by atoms with van der Waals surface area (Å²) >= 11 is 1.10. The number of hydrogen-bond donors (Lipinski definition) is 1. The number of fused-ring (bicyclic) bond motifs is 1. The molecule has 0 radical (unpaired) electrons. The van der Waals surface area contributed by atoms with Gasteiger partial charge in [-0.3, -0.25) is 18.7 Å². The Labute approximate surface area is 174 Å². The van der Waals surface area contributed by atoms with Crippen LogP contribution in [0.25, 0.3) is 11.0 Å². The number of hydrogen-bond acceptors (Lipinski definition) is 5. The quantitative estimate of drug-likeness (QED) is 0.624. The number of benzene rings is 1. The SMILES string of the molecule is CC(C)c1cnc2c(c1SCC(=O)Nc1ccc(F)cc1F)c(=O)n(C)c(=O)n2C. The van der Waals surface area contributed by atoms with Gasteiger partial charge in [0.2, 0.25) is 5.91 Å². The van der Waals surface area contributed by atoms with E-state index in [2.05, 4.69) is 10.3 Å². The lowest BCUT2D eigenvalue weighted by Gasteiger charge is -2.16. The molecule has 3 rings (SSSR count). The molecule has 0 unspecified atom stereocenters. The zero-order chi connectivity index (χ0) is 22.2. The van der Waals surface area contributed by atoms with Gasteiger partial charge in [-0.15, -0.1) is 11.8 Å². The van der Waals surface area contributed by atoms with E-state index in [9.17, 15) is 23.2 Å². The molecule has 1 amide bonds. The Morgan fingerprint density at radius 2 is 1.90 bits per heavy atom. The fraction of sp³-hybridized carbons (Fsp3) is 0.300. The first-order chi connectivity index (χ1) is 14.1. The van der Waals surface area contributed by atoms with E-state index in [0.29, 0.717) is 11.0 Å². The number of aromatic nitrogens is 3. The van der Waals surface area contributed by atoms with E-state index in [4.69, 9.17) is 0 Å². The van der Waals surface area contributed by atoms with Crippen LogP contribution in [0.5, 0.6) is 0 Å². The first-order valence-electron chi connectivity index (χ1n) is 9.08. The second kappa shape index (κ2) is 8.39. The predicted molar refractivity (Wildman–Crippen MR) is 112 cm³/mol. The molecule has 0 aliphatic heterocycles. The molecule has 30 heavy (non-hydrogen) atoms. The number of carbonyl (C=O) groups is 1. The van der Waals surface area contributed by atoms with Crippen LogP contribution in [0.4, 0.5) is 14.5 Å². The van der Waals surface area contributed by atoms with Crippen LogP contribution in [0.3, 0.4) is 0 Å². The van der Waals surface area contributed by atoms with Crippen LogP contribution in [0.1, 0.15) is 25.3 Å². The van der Waals surface area contributed by atoms with E-state index >= 15 is 0 Å². The van der Waals surface area contributed by atoms with Gasteiger partial charge >= 0.3 is 5.69 Å². The number of nitrogens with zero attached hydrogens (tertiary/aromatic N) is 3. The third-order valence-electron chi connectivity index (χ3n) is 4.62. The van der Waals surface area contributed by atoms with Crippen molar-refractivity contribution < 1.29 is 13.6 Å². The molecule has 0 bridgehead atoms. The van der Waals surface area contributed by atoms with Gasteiger partial charge in [0.15, 0.2) is 0 Å². The number of halogens is 2. The summed E-state index contributed by atoms with van der Waals surface area (Å²) in [6.07, 6.45) is 1.59. The molecule has 2 heterocycles. The molecule has 0 spiro atoms. The third kappa shape index (κ3) is 4.00. The molecular weight excluding hydrogens is 414 g/mol. The molecule has 0 aliphatic carbocycles. The van der Waals surface area contributed by atoms with Gasteiger partial charge in [-0.2, -0.15) is 0 Å². The molecular formula is C20H20F2N4O3S. The lowest BCUT2D eigenvalue weighted by Crippen LogP contribution is -2.37. The minimum atomic E-state index is -0.880. The van der Waals surface area contributed by atoms with E-state index in [-0.39, 0.29) is 28.4 Å². The van der Waals surface area contributed by atoms with Crippen molar-refractivity contribution in [1.29, 1.82) is 0 Å². The van der Waals surface area contributed by atoms with Crippen molar-refractivity contribution in [2.24, 2.45) is 14.1 Å². The zero-order valence-electron chi connectivity index (χ0n) is 16.8. The molecule has 7 nitrogen and oxygen atoms in total. The highest BCUT2D eigenvalue weighted by atomic mass is 32.2. The topological polar surface area (TPSA) is 86.0 Å². The molecule has 0 atom stereocenters. The number of nitrogens with one attached hydrogen (secondary N) is 1. The van der Waals surface area contributed by atoms with Gasteiger partial charge in [0, 0.05) is 31.3 Å². The van der Waals surface area contributed by atoms with Gasteiger partial charge in [-0.25, -0.2) is 18.6 Å². The number of anilines is 1. The Kier molecular flexibility index (Phi) is 6.06. The minimum Gasteiger partial charge on any atom is -0.323 e. The van der Waals surface area contributed by atoms with E-state index in [1.165, 1.54) is 18.7 Å². The van der Waals surface area contributed by atoms with Gasteiger partial charge in [-0.05, 0) is 23.6 Å². The predicted octanol–water partition coefficient (Wildman–Crippen LogP) is 2.76. The van der Waals surface area contributed by atoms with Gasteiger partial charge in [0.05, 0.1) is 16.8 Å². The van der Waals surface area contributed by atoms with E-state index in [1.807, 2.05) is 13.8 Å². The van der Waals surface area contributed by atoms with Crippen molar-refractivity contribution in [1.82, 2.24) is 14.1 Å². The molecule has 0 saturated carbocycles. The van der Waals surface area contributed by atoms with Crippen molar-refractivity contribution in [3.05, 3.63) is 62.4 Å². The Balaban J connectivity index is 2.00. The Morgan fingerprint density at radius 3 is 2.53 bits per heavy atom. The first kappa shape index (κ1) is 21.7. The fourth-order valence-electron chi connectivity index (χ4n) is 3.00. The lowest BCUT2D eigenvalue weighted by molar-refractivity contribution is -0.113. The summed E-state index contributed by atoms with van der Waals surface area (Å²) in [5, 5.41) is 2.64. The van der Waals surface area contributed by atoms with Crippen LogP contribution in [-0.2, 0) is 18.9 Å². The second-order valence-electron chi connectivity index (χ2n) is 7.06. The van der Waals surface area contributed by atoms with Gasteiger partial charge < -0.3 is 5.32 Å². The lowest BCUT2D eigenvalue weighted by atomic mass is 10.0.